The third-order valence-corrected chi connectivity index (χ3v) is 5.24. The van der Waals surface area contributed by atoms with Gasteiger partial charge in [0, 0.05) is 31.0 Å². The largest absolute Gasteiger partial charge is 0.507 e. The van der Waals surface area contributed by atoms with Crippen LogP contribution in [0.4, 0.5) is 11.4 Å². The van der Waals surface area contributed by atoms with Gasteiger partial charge >= 0.3 is 0 Å². The quantitative estimate of drug-likeness (QED) is 0.383. The lowest BCUT2D eigenvalue weighted by Gasteiger charge is -2.24. The second-order valence-electron chi connectivity index (χ2n) is 7.33. The number of benzene rings is 2. The number of hydrogen-bond acceptors (Lipinski definition) is 6. The molecule has 1 N–H and O–H groups in total. The number of hydrogen-bond donors (Lipinski definition) is 1. The summed E-state index contributed by atoms with van der Waals surface area (Å²) in [7, 11) is 5.34. The number of ketones is 1. The number of aliphatic hydroxyl groups excluding tert-OH is 1. The van der Waals surface area contributed by atoms with E-state index in [1.807, 2.05) is 31.1 Å². The van der Waals surface area contributed by atoms with E-state index in [9.17, 15) is 14.7 Å². The van der Waals surface area contributed by atoms with Crippen molar-refractivity contribution in [3.8, 4) is 5.75 Å². The van der Waals surface area contributed by atoms with E-state index < -0.39 is 17.7 Å². The first kappa shape index (κ1) is 20.3. The molecule has 0 spiro atoms. The third kappa shape index (κ3) is 3.54. The fourth-order valence-corrected chi connectivity index (χ4v) is 3.65. The van der Waals surface area contributed by atoms with E-state index in [-0.39, 0.29) is 11.3 Å². The van der Waals surface area contributed by atoms with Crippen molar-refractivity contribution in [3.05, 3.63) is 83.8 Å². The monoisotopic (exact) mass is 418 g/mol. The minimum atomic E-state index is -0.897. The first-order chi connectivity index (χ1) is 14.9. The van der Waals surface area contributed by atoms with Crippen molar-refractivity contribution in [2.24, 2.45) is 0 Å². The maximum absolute atomic E-state index is 13.1. The number of ether oxygens (including phenoxy) is 1. The smallest absolute Gasteiger partial charge is 0.300 e. The summed E-state index contributed by atoms with van der Waals surface area (Å²) in [5, 5.41) is 11.1. The minimum absolute atomic E-state index is 0.0371. The number of carbonyl (C=O) groups excluding carboxylic acids is 2. The van der Waals surface area contributed by atoms with Crippen molar-refractivity contribution in [3.63, 3.8) is 0 Å². The molecular formula is C24H22N2O5. The molecule has 1 aromatic heterocycles. The highest BCUT2D eigenvalue weighted by Crippen LogP contribution is 2.42. The van der Waals surface area contributed by atoms with Gasteiger partial charge in [0.1, 0.15) is 23.3 Å². The number of anilines is 2. The van der Waals surface area contributed by atoms with E-state index in [0.717, 1.165) is 5.69 Å². The summed E-state index contributed by atoms with van der Waals surface area (Å²) < 4.78 is 10.8. The standard InChI is InChI=1S/C24H22N2O5/c1-25(2)16-9-11-17(12-10-16)26-21(19-8-5-13-31-19)20(23(28)24(26)29)22(27)15-6-4-7-18(14-15)30-3/h4-14,21,27H,1-3H3/b22-20-. The van der Waals surface area contributed by atoms with Crippen LogP contribution in [0.15, 0.2) is 76.9 Å². The molecule has 0 saturated carbocycles. The normalized spacial score (nSPS) is 17.8. The SMILES string of the molecule is COc1cccc(/C(O)=C2/C(=O)C(=O)N(c3ccc(N(C)C)cc3)C2c2ccco2)c1. The highest BCUT2D eigenvalue weighted by molar-refractivity contribution is 6.51. The zero-order valence-corrected chi connectivity index (χ0v) is 17.4. The van der Waals surface area contributed by atoms with Crippen LogP contribution in [0.25, 0.3) is 5.76 Å². The van der Waals surface area contributed by atoms with Gasteiger partial charge in [-0.05, 0) is 48.5 Å². The Morgan fingerprint density at radius 1 is 1.06 bits per heavy atom. The van der Waals surface area contributed by atoms with Gasteiger partial charge in [0.15, 0.2) is 0 Å². The molecule has 4 rings (SSSR count). The van der Waals surface area contributed by atoms with Crippen molar-refractivity contribution in [2.75, 3.05) is 31.0 Å². The van der Waals surface area contributed by atoms with Crippen LogP contribution in [0.2, 0.25) is 0 Å². The number of nitrogens with zero attached hydrogens (tertiary/aromatic N) is 2. The zero-order valence-electron chi connectivity index (χ0n) is 17.4. The van der Waals surface area contributed by atoms with Gasteiger partial charge in [-0.25, -0.2) is 0 Å². The lowest BCUT2D eigenvalue weighted by molar-refractivity contribution is -0.132. The van der Waals surface area contributed by atoms with Crippen LogP contribution in [-0.4, -0.2) is 38.0 Å². The molecular weight excluding hydrogens is 396 g/mol. The van der Waals surface area contributed by atoms with Gasteiger partial charge in [0.25, 0.3) is 11.7 Å². The predicted octanol–water partition coefficient (Wildman–Crippen LogP) is 3.98. The average molecular weight is 418 g/mol. The van der Waals surface area contributed by atoms with E-state index >= 15 is 0 Å². The second kappa shape index (κ2) is 8.02. The first-order valence-electron chi connectivity index (χ1n) is 9.68. The van der Waals surface area contributed by atoms with Gasteiger partial charge in [-0.3, -0.25) is 14.5 Å². The summed E-state index contributed by atoms with van der Waals surface area (Å²) in [6, 6.07) is 16.4. The molecule has 0 bridgehead atoms. The highest BCUT2D eigenvalue weighted by Gasteiger charge is 2.48. The van der Waals surface area contributed by atoms with Crippen LogP contribution in [0.3, 0.4) is 0 Å². The number of furan rings is 1. The molecule has 1 unspecified atom stereocenters. The molecule has 0 aliphatic carbocycles. The minimum Gasteiger partial charge on any atom is -0.507 e. The molecule has 3 aromatic rings. The molecule has 1 amide bonds. The number of methoxy groups -OCH3 is 1. The number of amides is 1. The Morgan fingerprint density at radius 2 is 1.81 bits per heavy atom. The fourth-order valence-electron chi connectivity index (χ4n) is 3.65. The summed E-state index contributed by atoms with van der Waals surface area (Å²) in [5.74, 6) is -0.902. The van der Waals surface area contributed by atoms with Gasteiger partial charge in [-0.15, -0.1) is 0 Å². The number of rotatable bonds is 5. The molecule has 1 fully saturated rings. The summed E-state index contributed by atoms with van der Waals surface area (Å²) in [6.07, 6.45) is 1.47. The van der Waals surface area contributed by atoms with Crippen LogP contribution in [0.5, 0.6) is 5.75 Å². The molecule has 2 heterocycles. The van der Waals surface area contributed by atoms with Crippen LogP contribution < -0.4 is 14.5 Å². The summed E-state index contributed by atoms with van der Waals surface area (Å²) >= 11 is 0. The Kier molecular flexibility index (Phi) is 5.25. The Morgan fingerprint density at radius 3 is 2.42 bits per heavy atom. The molecule has 31 heavy (non-hydrogen) atoms. The molecule has 1 saturated heterocycles. The fraction of sp³-hybridized carbons (Fsp3) is 0.167. The molecule has 1 aliphatic rings. The van der Waals surface area contributed by atoms with Crippen LogP contribution >= 0.6 is 0 Å². The zero-order chi connectivity index (χ0) is 22.1. The Labute approximate surface area is 179 Å². The van der Waals surface area contributed by atoms with Crippen molar-refractivity contribution in [1.82, 2.24) is 0 Å². The molecule has 158 valence electrons. The van der Waals surface area contributed by atoms with E-state index in [1.54, 1.807) is 48.5 Å². The summed E-state index contributed by atoms with van der Waals surface area (Å²) in [6.45, 7) is 0. The maximum Gasteiger partial charge on any atom is 0.300 e. The average Bonchev–Trinajstić information content (AvgIpc) is 3.40. The van der Waals surface area contributed by atoms with E-state index in [1.165, 1.54) is 18.3 Å². The molecule has 7 heteroatoms. The Bertz CT molecular complexity index is 1150. The number of Topliss-reactive ketones (excluding diaryl/α,β-unsaturated/α-hetero) is 1. The lowest BCUT2D eigenvalue weighted by atomic mass is 9.99. The van der Waals surface area contributed by atoms with Crippen LogP contribution in [-0.2, 0) is 9.59 Å². The third-order valence-electron chi connectivity index (χ3n) is 5.24. The van der Waals surface area contributed by atoms with Gasteiger partial charge in [-0.1, -0.05) is 12.1 Å². The first-order valence-corrected chi connectivity index (χ1v) is 9.68. The number of aliphatic hydroxyl groups is 1. The van der Waals surface area contributed by atoms with Gasteiger partial charge in [0.05, 0.1) is 18.9 Å². The molecule has 0 radical (unpaired) electrons. The van der Waals surface area contributed by atoms with Gasteiger partial charge in [0.2, 0.25) is 0 Å². The molecule has 1 atom stereocenters. The van der Waals surface area contributed by atoms with Crippen molar-refractivity contribution in [1.29, 1.82) is 0 Å². The van der Waals surface area contributed by atoms with Gasteiger partial charge in [-0.2, -0.15) is 0 Å². The lowest BCUT2D eigenvalue weighted by Crippen LogP contribution is -2.29. The highest BCUT2D eigenvalue weighted by atomic mass is 16.5. The molecule has 2 aromatic carbocycles. The predicted molar refractivity (Wildman–Crippen MR) is 117 cm³/mol. The van der Waals surface area contributed by atoms with E-state index in [0.29, 0.717) is 22.8 Å². The number of carbonyl (C=O) groups is 2. The van der Waals surface area contributed by atoms with Crippen LogP contribution in [0.1, 0.15) is 17.4 Å². The summed E-state index contributed by atoms with van der Waals surface area (Å²) in [4.78, 5) is 29.4. The van der Waals surface area contributed by atoms with Crippen molar-refractivity contribution in [2.45, 2.75) is 6.04 Å². The Hall–Kier alpha value is -4.00. The summed E-state index contributed by atoms with van der Waals surface area (Å²) in [5.41, 5.74) is 1.81. The second-order valence-corrected chi connectivity index (χ2v) is 7.33. The Balaban J connectivity index is 1.87. The topological polar surface area (TPSA) is 83.2 Å². The molecule has 7 nitrogen and oxygen atoms in total. The molecule has 1 aliphatic heterocycles. The van der Waals surface area contributed by atoms with Crippen molar-refractivity contribution >= 4 is 28.8 Å². The van der Waals surface area contributed by atoms with Crippen molar-refractivity contribution < 1.29 is 23.8 Å². The van der Waals surface area contributed by atoms with Gasteiger partial charge < -0.3 is 19.2 Å². The van der Waals surface area contributed by atoms with E-state index in [2.05, 4.69) is 0 Å². The van der Waals surface area contributed by atoms with E-state index in [4.69, 9.17) is 9.15 Å². The van der Waals surface area contributed by atoms with Crippen LogP contribution in [0, 0.1) is 0 Å². The maximum atomic E-state index is 13.1.